The number of para-hydroxylation sites is 1. The molecule has 5 heteroatoms. The number of fused-ring (bicyclic) bond motifs is 1. The molecule has 0 aromatic heterocycles. The first-order valence-electron chi connectivity index (χ1n) is 9.95. The van der Waals surface area contributed by atoms with Crippen molar-refractivity contribution < 1.29 is 14.3 Å². The second-order valence-electron chi connectivity index (χ2n) is 7.06. The summed E-state index contributed by atoms with van der Waals surface area (Å²) in [4.78, 5) is 25.3. The van der Waals surface area contributed by atoms with Crippen molar-refractivity contribution in [3.8, 4) is 5.75 Å². The van der Waals surface area contributed by atoms with Crippen LogP contribution in [0.2, 0.25) is 0 Å². The van der Waals surface area contributed by atoms with Gasteiger partial charge >= 0.3 is 0 Å². The summed E-state index contributed by atoms with van der Waals surface area (Å²) in [7, 11) is 1.52. The monoisotopic (exact) mass is 410 g/mol. The molecule has 0 aliphatic carbocycles. The minimum Gasteiger partial charge on any atom is -0.496 e. The summed E-state index contributed by atoms with van der Waals surface area (Å²) in [5, 5.41) is 8.04. The van der Waals surface area contributed by atoms with Crippen molar-refractivity contribution in [3.63, 3.8) is 0 Å². The molecular weight excluding hydrogens is 388 g/mol. The average molecular weight is 410 g/mol. The van der Waals surface area contributed by atoms with E-state index in [4.69, 9.17) is 4.74 Å². The van der Waals surface area contributed by atoms with Gasteiger partial charge in [0.25, 0.3) is 11.8 Å². The average Bonchev–Trinajstić information content (AvgIpc) is 2.82. The van der Waals surface area contributed by atoms with E-state index in [1.54, 1.807) is 48.5 Å². The van der Waals surface area contributed by atoms with E-state index in [-0.39, 0.29) is 11.8 Å². The van der Waals surface area contributed by atoms with Crippen molar-refractivity contribution in [2.24, 2.45) is 0 Å². The zero-order valence-corrected chi connectivity index (χ0v) is 17.1. The number of anilines is 1. The summed E-state index contributed by atoms with van der Waals surface area (Å²) >= 11 is 0. The van der Waals surface area contributed by atoms with Gasteiger partial charge in [0.1, 0.15) is 5.75 Å². The molecule has 2 amide bonds. The largest absolute Gasteiger partial charge is 0.496 e. The lowest BCUT2D eigenvalue weighted by Gasteiger charge is -2.11. The summed E-state index contributed by atoms with van der Waals surface area (Å²) < 4.78 is 5.25. The van der Waals surface area contributed by atoms with Gasteiger partial charge in [-0.05, 0) is 46.7 Å². The van der Waals surface area contributed by atoms with E-state index in [0.717, 1.165) is 16.3 Å². The number of ether oxygens (including phenoxy) is 1. The zero-order valence-electron chi connectivity index (χ0n) is 17.1. The van der Waals surface area contributed by atoms with E-state index in [9.17, 15) is 9.59 Å². The highest BCUT2D eigenvalue weighted by molar-refractivity contribution is 6.06. The minimum atomic E-state index is -0.300. The van der Waals surface area contributed by atoms with Crippen molar-refractivity contribution >= 4 is 28.3 Å². The number of hydrogen-bond acceptors (Lipinski definition) is 3. The molecule has 4 rings (SSSR count). The third-order valence-corrected chi connectivity index (χ3v) is 5.05. The van der Waals surface area contributed by atoms with Gasteiger partial charge in [-0.25, -0.2) is 0 Å². The highest BCUT2D eigenvalue weighted by atomic mass is 16.5. The van der Waals surface area contributed by atoms with Gasteiger partial charge in [-0.1, -0.05) is 60.7 Å². The van der Waals surface area contributed by atoms with Crippen LogP contribution in [0.25, 0.3) is 10.8 Å². The van der Waals surface area contributed by atoms with Crippen molar-refractivity contribution in [2.45, 2.75) is 6.54 Å². The third kappa shape index (κ3) is 4.56. The fourth-order valence-corrected chi connectivity index (χ4v) is 3.49. The maximum Gasteiger partial charge on any atom is 0.259 e. The molecule has 0 radical (unpaired) electrons. The SMILES string of the molecule is COc1ccccc1C(=O)Nc1cccc(C(=O)NCc2cccc3ccccc23)c1. The Kier molecular flexibility index (Phi) is 5.94. The van der Waals surface area contributed by atoms with Crippen LogP contribution in [0, 0.1) is 0 Å². The van der Waals surface area contributed by atoms with Gasteiger partial charge in [-0.15, -0.1) is 0 Å². The number of rotatable bonds is 6. The molecule has 0 aliphatic heterocycles. The first-order valence-corrected chi connectivity index (χ1v) is 9.95. The van der Waals surface area contributed by atoms with Crippen molar-refractivity contribution in [1.29, 1.82) is 0 Å². The summed E-state index contributed by atoms with van der Waals surface area (Å²) in [5.41, 5.74) is 2.48. The van der Waals surface area contributed by atoms with E-state index >= 15 is 0 Å². The van der Waals surface area contributed by atoms with Gasteiger partial charge in [0.05, 0.1) is 12.7 Å². The summed E-state index contributed by atoms with van der Waals surface area (Å²) in [6, 6.07) is 28.0. The molecular formula is C26H22N2O3. The van der Waals surface area contributed by atoms with Crippen LogP contribution in [-0.2, 0) is 6.54 Å². The van der Waals surface area contributed by atoms with Crippen LogP contribution in [0.3, 0.4) is 0 Å². The Morgan fingerprint density at radius 2 is 1.55 bits per heavy atom. The minimum absolute atomic E-state index is 0.207. The molecule has 0 saturated carbocycles. The predicted molar refractivity (Wildman–Crippen MR) is 123 cm³/mol. The topological polar surface area (TPSA) is 67.4 Å². The van der Waals surface area contributed by atoms with E-state index in [2.05, 4.69) is 22.8 Å². The molecule has 31 heavy (non-hydrogen) atoms. The molecule has 5 nitrogen and oxygen atoms in total. The molecule has 0 saturated heterocycles. The molecule has 0 bridgehead atoms. The van der Waals surface area contributed by atoms with Crippen LogP contribution in [0.5, 0.6) is 5.75 Å². The highest BCUT2D eigenvalue weighted by Crippen LogP contribution is 2.20. The molecule has 4 aromatic rings. The lowest BCUT2D eigenvalue weighted by molar-refractivity contribution is 0.0949. The normalized spacial score (nSPS) is 10.5. The van der Waals surface area contributed by atoms with Gasteiger partial charge in [0, 0.05) is 17.8 Å². The van der Waals surface area contributed by atoms with Crippen LogP contribution < -0.4 is 15.4 Å². The zero-order chi connectivity index (χ0) is 21.6. The Balaban J connectivity index is 1.46. The van der Waals surface area contributed by atoms with Gasteiger partial charge < -0.3 is 15.4 Å². The molecule has 0 heterocycles. The van der Waals surface area contributed by atoms with Crippen LogP contribution >= 0.6 is 0 Å². The van der Waals surface area contributed by atoms with E-state index in [1.807, 2.05) is 30.3 Å². The molecule has 154 valence electrons. The number of carbonyl (C=O) groups is 2. The second-order valence-corrected chi connectivity index (χ2v) is 7.06. The van der Waals surface area contributed by atoms with E-state index in [0.29, 0.717) is 29.1 Å². The summed E-state index contributed by atoms with van der Waals surface area (Å²) in [6.07, 6.45) is 0. The third-order valence-electron chi connectivity index (χ3n) is 5.05. The fraction of sp³-hybridized carbons (Fsp3) is 0.0769. The van der Waals surface area contributed by atoms with Crippen molar-refractivity contribution in [2.75, 3.05) is 12.4 Å². The first-order chi connectivity index (χ1) is 15.2. The Morgan fingerprint density at radius 1 is 0.806 bits per heavy atom. The summed E-state index contributed by atoms with van der Waals surface area (Å²) in [5.74, 6) is -0.0175. The Labute approximate surface area is 180 Å². The van der Waals surface area contributed by atoms with Crippen molar-refractivity contribution in [1.82, 2.24) is 5.32 Å². The second kappa shape index (κ2) is 9.13. The van der Waals surface area contributed by atoms with Crippen LogP contribution in [-0.4, -0.2) is 18.9 Å². The Bertz CT molecular complexity index is 1240. The fourth-order valence-electron chi connectivity index (χ4n) is 3.49. The van der Waals surface area contributed by atoms with Crippen LogP contribution in [0.4, 0.5) is 5.69 Å². The maximum atomic E-state index is 12.7. The van der Waals surface area contributed by atoms with Gasteiger partial charge in [-0.3, -0.25) is 9.59 Å². The van der Waals surface area contributed by atoms with E-state index in [1.165, 1.54) is 7.11 Å². The highest BCUT2D eigenvalue weighted by Gasteiger charge is 2.13. The Morgan fingerprint density at radius 3 is 2.42 bits per heavy atom. The maximum absolute atomic E-state index is 12.7. The molecule has 0 atom stereocenters. The number of hydrogen-bond donors (Lipinski definition) is 2. The quantitative estimate of drug-likeness (QED) is 0.468. The number of nitrogens with one attached hydrogen (secondary N) is 2. The summed E-state index contributed by atoms with van der Waals surface area (Å²) in [6.45, 7) is 0.415. The Hall–Kier alpha value is -4.12. The standard InChI is InChI=1S/C26H22N2O3/c1-31-24-15-5-4-14-23(24)26(30)28-21-12-7-10-19(16-21)25(29)27-17-20-11-6-9-18-8-2-3-13-22(18)20/h2-16H,17H2,1H3,(H,27,29)(H,28,30). The lowest BCUT2D eigenvalue weighted by atomic mass is 10.0. The van der Waals surface area contributed by atoms with Gasteiger partial charge in [0.2, 0.25) is 0 Å². The number of carbonyl (C=O) groups excluding carboxylic acids is 2. The number of methoxy groups -OCH3 is 1. The van der Waals surface area contributed by atoms with Crippen molar-refractivity contribution in [3.05, 3.63) is 108 Å². The number of benzene rings is 4. The van der Waals surface area contributed by atoms with Gasteiger partial charge in [-0.2, -0.15) is 0 Å². The molecule has 0 aliphatic rings. The predicted octanol–water partition coefficient (Wildman–Crippen LogP) is 5.03. The molecule has 0 spiro atoms. The number of amides is 2. The molecule has 4 aromatic carbocycles. The smallest absolute Gasteiger partial charge is 0.259 e. The van der Waals surface area contributed by atoms with Crippen LogP contribution in [0.15, 0.2) is 91.0 Å². The molecule has 0 unspecified atom stereocenters. The molecule has 0 fully saturated rings. The van der Waals surface area contributed by atoms with E-state index < -0.39 is 0 Å². The lowest BCUT2D eigenvalue weighted by Crippen LogP contribution is -2.23. The van der Waals surface area contributed by atoms with Crippen LogP contribution in [0.1, 0.15) is 26.3 Å². The first kappa shape index (κ1) is 20.2. The van der Waals surface area contributed by atoms with Gasteiger partial charge in [0.15, 0.2) is 0 Å². The molecule has 2 N–H and O–H groups in total.